The van der Waals surface area contributed by atoms with E-state index in [0.29, 0.717) is 6.61 Å². The van der Waals surface area contributed by atoms with E-state index in [-0.39, 0.29) is 17.5 Å². The number of halogens is 1. The highest BCUT2D eigenvalue weighted by atomic mass is 35.5. The minimum Gasteiger partial charge on any atom is -0.450 e. The second kappa shape index (κ2) is 5.32. The first kappa shape index (κ1) is 10.6. The zero-order chi connectivity index (χ0) is 9.68. The normalized spacial score (nSPS) is 28.2. The van der Waals surface area contributed by atoms with E-state index in [2.05, 4.69) is 5.32 Å². The van der Waals surface area contributed by atoms with Gasteiger partial charge in [-0.1, -0.05) is 12.8 Å². The molecule has 13 heavy (non-hydrogen) atoms. The van der Waals surface area contributed by atoms with E-state index < -0.39 is 0 Å². The lowest BCUT2D eigenvalue weighted by molar-refractivity contribution is 0.145. The number of alkyl halides is 1. The average molecular weight is 206 g/mol. The SMILES string of the molecule is CCOC(=O)N[C@H]1CCCC[C@@H]1Cl. The summed E-state index contributed by atoms with van der Waals surface area (Å²) in [5.41, 5.74) is 0. The molecule has 1 aliphatic rings. The fraction of sp³-hybridized carbons (Fsp3) is 0.889. The highest BCUT2D eigenvalue weighted by molar-refractivity contribution is 6.21. The molecule has 0 spiro atoms. The lowest BCUT2D eigenvalue weighted by Gasteiger charge is -2.27. The van der Waals surface area contributed by atoms with Crippen molar-refractivity contribution in [2.75, 3.05) is 6.61 Å². The summed E-state index contributed by atoms with van der Waals surface area (Å²) in [6.45, 7) is 2.20. The molecule has 2 atom stereocenters. The number of carbonyl (C=O) groups is 1. The van der Waals surface area contributed by atoms with Crippen molar-refractivity contribution < 1.29 is 9.53 Å². The second-order valence-corrected chi connectivity index (χ2v) is 3.83. The monoisotopic (exact) mass is 205 g/mol. The molecule has 0 aromatic carbocycles. The van der Waals surface area contributed by atoms with Crippen LogP contribution in [0.5, 0.6) is 0 Å². The van der Waals surface area contributed by atoms with Gasteiger partial charge in [0.25, 0.3) is 0 Å². The molecule has 1 rings (SSSR count). The first-order chi connectivity index (χ1) is 6.24. The summed E-state index contributed by atoms with van der Waals surface area (Å²) in [6.07, 6.45) is 3.90. The van der Waals surface area contributed by atoms with E-state index in [4.69, 9.17) is 16.3 Å². The Bertz CT molecular complexity index is 175. The van der Waals surface area contributed by atoms with Gasteiger partial charge in [0.15, 0.2) is 0 Å². The quantitative estimate of drug-likeness (QED) is 0.703. The van der Waals surface area contributed by atoms with Crippen LogP contribution in [0.1, 0.15) is 32.6 Å². The number of rotatable bonds is 2. The predicted molar refractivity (Wildman–Crippen MR) is 52.1 cm³/mol. The average Bonchev–Trinajstić information content (AvgIpc) is 2.09. The van der Waals surface area contributed by atoms with E-state index in [1.54, 1.807) is 6.92 Å². The summed E-state index contributed by atoms with van der Waals surface area (Å²) in [5, 5.41) is 2.84. The van der Waals surface area contributed by atoms with Gasteiger partial charge in [-0.05, 0) is 19.8 Å². The van der Waals surface area contributed by atoms with Gasteiger partial charge in [0.2, 0.25) is 0 Å². The van der Waals surface area contributed by atoms with Gasteiger partial charge in [0.1, 0.15) is 0 Å². The fourth-order valence-electron chi connectivity index (χ4n) is 1.57. The third kappa shape index (κ3) is 3.43. The van der Waals surface area contributed by atoms with Gasteiger partial charge in [-0.25, -0.2) is 4.79 Å². The van der Waals surface area contributed by atoms with Gasteiger partial charge in [-0.15, -0.1) is 11.6 Å². The largest absolute Gasteiger partial charge is 0.450 e. The van der Waals surface area contributed by atoms with Crippen molar-refractivity contribution in [1.82, 2.24) is 5.32 Å². The maximum absolute atomic E-state index is 11.1. The highest BCUT2D eigenvalue weighted by Crippen LogP contribution is 2.22. The molecular formula is C9H16ClNO2. The Balaban J connectivity index is 2.29. The van der Waals surface area contributed by atoms with Crippen LogP contribution >= 0.6 is 11.6 Å². The van der Waals surface area contributed by atoms with Crippen LogP contribution in [0.3, 0.4) is 0 Å². The third-order valence-corrected chi connectivity index (χ3v) is 2.78. The van der Waals surface area contributed by atoms with Crippen LogP contribution < -0.4 is 5.32 Å². The zero-order valence-electron chi connectivity index (χ0n) is 7.88. The minimum atomic E-state index is -0.347. The Morgan fingerprint density at radius 2 is 2.23 bits per heavy atom. The Kier molecular flexibility index (Phi) is 4.36. The van der Waals surface area contributed by atoms with Crippen molar-refractivity contribution in [2.24, 2.45) is 0 Å². The molecule has 0 unspecified atom stereocenters. The number of hydrogen-bond acceptors (Lipinski definition) is 2. The topological polar surface area (TPSA) is 38.3 Å². The second-order valence-electron chi connectivity index (χ2n) is 3.27. The van der Waals surface area contributed by atoms with Crippen LogP contribution in [0.15, 0.2) is 0 Å². The van der Waals surface area contributed by atoms with Crippen molar-refractivity contribution in [3.8, 4) is 0 Å². The van der Waals surface area contributed by atoms with E-state index >= 15 is 0 Å². The lowest BCUT2D eigenvalue weighted by atomic mass is 9.95. The summed E-state index contributed by atoms with van der Waals surface area (Å²) < 4.78 is 4.78. The van der Waals surface area contributed by atoms with Crippen molar-refractivity contribution in [2.45, 2.75) is 44.0 Å². The number of amides is 1. The first-order valence-electron chi connectivity index (χ1n) is 4.81. The zero-order valence-corrected chi connectivity index (χ0v) is 8.64. The van der Waals surface area contributed by atoms with Crippen molar-refractivity contribution in [3.63, 3.8) is 0 Å². The molecule has 0 aromatic heterocycles. The summed E-state index contributed by atoms with van der Waals surface area (Å²) in [4.78, 5) is 11.1. The van der Waals surface area contributed by atoms with Crippen LogP contribution in [0.2, 0.25) is 0 Å². The van der Waals surface area contributed by atoms with Crippen LogP contribution in [-0.2, 0) is 4.74 Å². The molecule has 3 nitrogen and oxygen atoms in total. The van der Waals surface area contributed by atoms with Crippen molar-refractivity contribution in [1.29, 1.82) is 0 Å². The van der Waals surface area contributed by atoms with Gasteiger partial charge in [0.05, 0.1) is 12.0 Å². The van der Waals surface area contributed by atoms with Gasteiger partial charge >= 0.3 is 6.09 Å². The molecule has 0 bridgehead atoms. The molecule has 0 radical (unpaired) electrons. The molecule has 76 valence electrons. The summed E-state index contributed by atoms with van der Waals surface area (Å²) in [5.74, 6) is 0. The molecule has 0 saturated heterocycles. The van der Waals surface area contributed by atoms with Gasteiger partial charge < -0.3 is 10.1 Å². The van der Waals surface area contributed by atoms with Gasteiger partial charge in [-0.3, -0.25) is 0 Å². The number of carbonyl (C=O) groups excluding carboxylic acids is 1. The maximum atomic E-state index is 11.1. The number of nitrogens with one attached hydrogen (secondary N) is 1. The van der Waals surface area contributed by atoms with E-state index in [9.17, 15) is 4.79 Å². The van der Waals surface area contributed by atoms with E-state index in [1.807, 2.05) is 0 Å². The van der Waals surface area contributed by atoms with E-state index in [0.717, 1.165) is 25.7 Å². The van der Waals surface area contributed by atoms with Crippen molar-refractivity contribution >= 4 is 17.7 Å². The molecule has 1 aliphatic carbocycles. The van der Waals surface area contributed by atoms with Gasteiger partial charge in [0, 0.05) is 6.04 Å². The van der Waals surface area contributed by atoms with Crippen LogP contribution in [0.25, 0.3) is 0 Å². The molecule has 1 fully saturated rings. The van der Waals surface area contributed by atoms with Crippen LogP contribution in [0, 0.1) is 0 Å². The van der Waals surface area contributed by atoms with Crippen LogP contribution in [-0.4, -0.2) is 24.1 Å². The Hall–Kier alpha value is -0.440. The number of hydrogen-bond donors (Lipinski definition) is 1. The standard InChI is InChI=1S/C9H16ClNO2/c1-2-13-9(12)11-8-6-4-3-5-7(8)10/h7-8H,2-6H2,1H3,(H,11,12)/t7-,8-/m0/s1. The predicted octanol–water partition coefficient (Wildman–Crippen LogP) is 2.28. The summed E-state index contributed by atoms with van der Waals surface area (Å²) >= 11 is 6.06. The molecule has 1 N–H and O–H groups in total. The molecule has 0 aliphatic heterocycles. The summed E-state index contributed by atoms with van der Waals surface area (Å²) in [7, 11) is 0. The molecule has 1 saturated carbocycles. The van der Waals surface area contributed by atoms with Crippen LogP contribution in [0.4, 0.5) is 4.79 Å². The molecule has 0 aromatic rings. The Morgan fingerprint density at radius 3 is 2.85 bits per heavy atom. The van der Waals surface area contributed by atoms with E-state index in [1.165, 1.54) is 0 Å². The van der Waals surface area contributed by atoms with Crippen molar-refractivity contribution in [3.05, 3.63) is 0 Å². The summed E-state index contributed by atoms with van der Waals surface area (Å²) in [6, 6.07) is 0.0921. The smallest absolute Gasteiger partial charge is 0.407 e. The highest BCUT2D eigenvalue weighted by Gasteiger charge is 2.24. The lowest BCUT2D eigenvalue weighted by Crippen LogP contribution is -2.43. The molecule has 0 heterocycles. The maximum Gasteiger partial charge on any atom is 0.407 e. The van der Waals surface area contributed by atoms with Gasteiger partial charge in [-0.2, -0.15) is 0 Å². The number of ether oxygens (including phenoxy) is 1. The Morgan fingerprint density at radius 1 is 1.54 bits per heavy atom. The molecule has 1 amide bonds. The fourth-order valence-corrected chi connectivity index (χ4v) is 1.92. The molecule has 4 heteroatoms. The minimum absolute atomic E-state index is 0.0677. The third-order valence-electron chi connectivity index (χ3n) is 2.26. The Labute approximate surface area is 83.8 Å². The number of alkyl carbamates (subject to hydrolysis) is 1. The molecular weight excluding hydrogens is 190 g/mol. The first-order valence-corrected chi connectivity index (χ1v) is 5.25.